The minimum atomic E-state index is -0.759. The SMILES string of the molecule is O=C(CN1C(=O)c2ccc([N+](=O)[O-])cc2C1=O)Nc1cc(-c2ccccc2)nn1-c1ccccc1. The lowest BCUT2D eigenvalue weighted by Gasteiger charge is -2.14. The average molecular weight is 467 g/mol. The monoisotopic (exact) mass is 467 g/mol. The lowest BCUT2D eigenvalue weighted by Crippen LogP contribution is -2.37. The molecule has 0 aliphatic carbocycles. The zero-order valence-electron chi connectivity index (χ0n) is 18.1. The Morgan fingerprint density at radius 1 is 0.886 bits per heavy atom. The number of nitro benzene ring substituents is 1. The van der Waals surface area contributed by atoms with Crippen LogP contribution in [0.25, 0.3) is 16.9 Å². The standard InChI is InChI=1S/C25H17N5O5/c31-23(15-28-24(32)19-12-11-18(30(34)35)13-20(19)25(28)33)26-22-14-21(16-7-3-1-4-8-16)27-29(22)17-9-5-2-6-10-17/h1-14H,15H2,(H,26,31). The summed E-state index contributed by atoms with van der Waals surface area (Å²) in [5.41, 5.74) is 1.79. The van der Waals surface area contributed by atoms with Crippen LogP contribution >= 0.6 is 0 Å². The summed E-state index contributed by atoms with van der Waals surface area (Å²) < 4.78 is 1.56. The largest absolute Gasteiger partial charge is 0.309 e. The van der Waals surface area contributed by atoms with E-state index in [0.717, 1.165) is 22.6 Å². The van der Waals surface area contributed by atoms with Gasteiger partial charge >= 0.3 is 0 Å². The van der Waals surface area contributed by atoms with Crippen LogP contribution in [0.5, 0.6) is 0 Å². The maximum atomic E-state index is 12.9. The van der Waals surface area contributed by atoms with Crippen LogP contribution < -0.4 is 5.32 Å². The molecular formula is C25H17N5O5. The fraction of sp³-hybridized carbons (Fsp3) is 0.0400. The molecule has 0 spiro atoms. The van der Waals surface area contributed by atoms with Crippen molar-refractivity contribution in [3.8, 4) is 16.9 Å². The van der Waals surface area contributed by atoms with Gasteiger partial charge in [0.2, 0.25) is 5.91 Å². The molecule has 5 rings (SSSR count). The number of non-ortho nitro benzene ring substituents is 1. The highest BCUT2D eigenvalue weighted by atomic mass is 16.6. The van der Waals surface area contributed by atoms with E-state index in [1.807, 2.05) is 60.7 Å². The van der Waals surface area contributed by atoms with Gasteiger partial charge in [-0.3, -0.25) is 29.4 Å². The molecule has 4 aromatic rings. The predicted molar refractivity (Wildman–Crippen MR) is 126 cm³/mol. The molecule has 0 fully saturated rings. The summed E-state index contributed by atoms with van der Waals surface area (Å²) in [6, 6.07) is 23.7. The van der Waals surface area contributed by atoms with Crippen LogP contribution in [-0.2, 0) is 4.79 Å². The van der Waals surface area contributed by atoms with E-state index in [-0.39, 0.29) is 16.8 Å². The molecule has 0 saturated carbocycles. The molecule has 1 N–H and O–H groups in total. The maximum Gasteiger partial charge on any atom is 0.270 e. The Labute approximate surface area is 198 Å². The van der Waals surface area contributed by atoms with Crippen LogP contribution in [0, 0.1) is 10.1 Å². The second kappa shape index (κ2) is 8.67. The number of aromatic nitrogens is 2. The Balaban J connectivity index is 1.41. The van der Waals surface area contributed by atoms with Crippen molar-refractivity contribution < 1.29 is 19.3 Å². The molecule has 10 heteroatoms. The third kappa shape index (κ3) is 4.04. The summed E-state index contributed by atoms with van der Waals surface area (Å²) in [5.74, 6) is -1.71. The first-order chi connectivity index (χ1) is 16.9. The summed E-state index contributed by atoms with van der Waals surface area (Å²) in [5, 5.41) is 18.4. The summed E-state index contributed by atoms with van der Waals surface area (Å²) in [6.07, 6.45) is 0. The van der Waals surface area contributed by atoms with E-state index >= 15 is 0 Å². The number of anilines is 1. The normalized spacial score (nSPS) is 12.5. The van der Waals surface area contributed by atoms with Gasteiger partial charge in [0.15, 0.2) is 0 Å². The van der Waals surface area contributed by atoms with Gasteiger partial charge in [0.25, 0.3) is 17.5 Å². The number of benzene rings is 3. The van der Waals surface area contributed by atoms with Gasteiger partial charge in [0.1, 0.15) is 12.4 Å². The molecule has 0 radical (unpaired) electrons. The van der Waals surface area contributed by atoms with Crippen LogP contribution in [0.3, 0.4) is 0 Å². The molecule has 0 unspecified atom stereocenters. The third-order valence-electron chi connectivity index (χ3n) is 5.51. The quantitative estimate of drug-likeness (QED) is 0.262. The number of rotatable bonds is 6. The van der Waals surface area contributed by atoms with E-state index in [1.165, 1.54) is 6.07 Å². The molecule has 10 nitrogen and oxygen atoms in total. The van der Waals surface area contributed by atoms with Crippen LogP contribution in [0.4, 0.5) is 11.5 Å². The molecule has 1 aromatic heterocycles. The first kappa shape index (κ1) is 21.7. The van der Waals surface area contributed by atoms with Crippen molar-refractivity contribution >= 4 is 29.2 Å². The Hall–Kier alpha value is -5.12. The summed E-state index contributed by atoms with van der Waals surface area (Å²) >= 11 is 0. The Morgan fingerprint density at radius 2 is 1.54 bits per heavy atom. The van der Waals surface area contributed by atoms with E-state index in [4.69, 9.17) is 0 Å². The summed E-state index contributed by atoms with van der Waals surface area (Å²) in [7, 11) is 0. The molecule has 0 saturated heterocycles. The van der Waals surface area contributed by atoms with Gasteiger partial charge in [-0.05, 0) is 18.2 Å². The lowest BCUT2D eigenvalue weighted by molar-refractivity contribution is -0.384. The van der Waals surface area contributed by atoms with E-state index in [1.54, 1.807) is 10.7 Å². The number of carbonyl (C=O) groups excluding carboxylic acids is 3. The van der Waals surface area contributed by atoms with Crippen LogP contribution in [0.1, 0.15) is 20.7 Å². The summed E-state index contributed by atoms with van der Waals surface area (Å²) in [6.45, 7) is -0.555. The van der Waals surface area contributed by atoms with Crippen molar-refractivity contribution in [3.63, 3.8) is 0 Å². The Bertz CT molecular complexity index is 1480. The number of nitrogens with one attached hydrogen (secondary N) is 1. The average Bonchev–Trinajstić information content (AvgIpc) is 3.39. The second-order valence-corrected chi connectivity index (χ2v) is 7.76. The van der Waals surface area contributed by atoms with Crippen LogP contribution in [-0.4, -0.2) is 43.9 Å². The highest BCUT2D eigenvalue weighted by Gasteiger charge is 2.38. The van der Waals surface area contributed by atoms with Crippen LogP contribution in [0.2, 0.25) is 0 Å². The number of hydrogen-bond donors (Lipinski definition) is 1. The molecule has 3 aromatic carbocycles. The number of para-hydroxylation sites is 1. The first-order valence-electron chi connectivity index (χ1n) is 10.6. The highest BCUT2D eigenvalue weighted by molar-refractivity contribution is 6.23. The lowest BCUT2D eigenvalue weighted by atomic mass is 10.1. The topological polar surface area (TPSA) is 127 Å². The third-order valence-corrected chi connectivity index (χ3v) is 5.51. The first-order valence-corrected chi connectivity index (χ1v) is 10.6. The van der Waals surface area contributed by atoms with Gasteiger partial charge < -0.3 is 5.32 Å². The molecule has 0 atom stereocenters. The van der Waals surface area contributed by atoms with Gasteiger partial charge in [-0.2, -0.15) is 5.10 Å². The molecule has 1 aliphatic heterocycles. The van der Waals surface area contributed by atoms with E-state index in [9.17, 15) is 24.5 Å². The molecule has 0 bridgehead atoms. The number of nitro groups is 1. The van der Waals surface area contributed by atoms with Crippen molar-refractivity contribution in [2.24, 2.45) is 0 Å². The molecular weight excluding hydrogens is 450 g/mol. The maximum absolute atomic E-state index is 12.9. The number of carbonyl (C=O) groups is 3. The Morgan fingerprint density at radius 3 is 2.23 bits per heavy atom. The van der Waals surface area contributed by atoms with Gasteiger partial charge in [-0.1, -0.05) is 48.5 Å². The van der Waals surface area contributed by atoms with Crippen molar-refractivity contribution in [2.45, 2.75) is 0 Å². The van der Waals surface area contributed by atoms with E-state index in [0.29, 0.717) is 17.2 Å². The fourth-order valence-electron chi connectivity index (χ4n) is 3.85. The molecule has 3 amide bonds. The number of imide groups is 1. The smallest absolute Gasteiger partial charge is 0.270 e. The zero-order chi connectivity index (χ0) is 24.5. The van der Waals surface area contributed by atoms with E-state index < -0.39 is 29.2 Å². The molecule has 35 heavy (non-hydrogen) atoms. The van der Waals surface area contributed by atoms with Gasteiger partial charge in [-0.15, -0.1) is 0 Å². The minimum Gasteiger partial charge on any atom is -0.309 e. The van der Waals surface area contributed by atoms with Gasteiger partial charge in [-0.25, -0.2) is 4.68 Å². The van der Waals surface area contributed by atoms with Crippen molar-refractivity contribution in [1.82, 2.24) is 14.7 Å². The molecule has 1 aliphatic rings. The van der Waals surface area contributed by atoms with Crippen molar-refractivity contribution in [3.05, 3.63) is 106 Å². The predicted octanol–water partition coefficient (Wildman–Crippen LogP) is 3.68. The summed E-state index contributed by atoms with van der Waals surface area (Å²) in [4.78, 5) is 49.5. The number of fused-ring (bicyclic) bond motifs is 1. The molecule has 2 heterocycles. The van der Waals surface area contributed by atoms with E-state index in [2.05, 4.69) is 10.4 Å². The van der Waals surface area contributed by atoms with Gasteiger partial charge in [0, 0.05) is 23.8 Å². The van der Waals surface area contributed by atoms with Crippen LogP contribution in [0.15, 0.2) is 84.9 Å². The fourth-order valence-corrected chi connectivity index (χ4v) is 3.85. The number of hydrogen-bond acceptors (Lipinski definition) is 6. The van der Waals surface area contributed by atoms with Gasteiger partial charge in [0.05, 0.1) is 27.4 Å². The zero-order valence-corrected chi connectivity index (χ0v) is 18.1. The Kier molecular flexibility index (Phi) is 5.38. The number of nitrogens with zero attached hydrogens (tertiary/aromatic N) is 4. The number of amides is 3. The second-order valence-electron chi connectivity index (χ2n) is 7.76. The minimum absolute atomic E-state index is 0.0223. The van der Waals surface area contributed by atoms with Crippen molar-refractivity contribution in [1.29, 1.82) is 0 Å². The molecule has 172 valence electrons. The van der Waals surface area contributed by atoms with Crippen molar-refractivity contribution in [2.75, 3.05) is 11.9 Å². The highest BCUT2D eigenvalue weighted by Crippen LogP contribution is 2.28.